The summed E-state index contributed by atoms with van der Waals surface area (Å²) in [7, 11) is 0. The molecule has 0 radical (unpaired) electrons. The van der Waals surface area contributed by atoms with Crippen LogP contribution in [0.2, 0.25) is 0 Å². The molecule has 0 aliphatic carbocycles. The van der Waals surface area contributed by atoms with E-state index in [4.69, 9.17) is 10.2 Å². The highest BCUT2D eigenvalue weighted by Gasteiger charge is 2.15. The maximum absolute atomic E-state index is 11.3. The molecule has 17 heavy (non-hydrogen) atoms. The SMILES string of the molecule is CCC(C)CC(C)NC(=O)NC[C@H](O)C(=O)O. The Kier molecular flexibility index (Phi) is 7.29. The van der Waals surface area contributed by atoms with Crippen LogP contribution in [0.4, 0.5) is 4.79 Å². The zero-order valence-electron chi connectivity index (χ0n) is 10.6. The van der Waals surface area contributed by atoms with Crippen LogP contribution in [0.5, 0.6) is 0 Å². The maximum Gasteiger partial charge on any atom is 0.334 e. The summed E-state index contributed by atoms with van der Waals surface area (Å²) in [5.41, 5.74) is 0. The molecule has 0 heterocycles. The van der Waals surface area contributed by atoms with Gasteiger partial charge in [0.1, 0.15) is 0 Å². The van der Waals surface area contributed by atoms with Crippen LogP contribution in [-0.4, -0.2) is 40.9 Å². The van der Waals surface area contributed by atoms with Gasteiger partial charge in [0.15, 0.2) is 6.10 Å². The van der Waals surface area contributed by atoms with Gasteiger partial charge >= 0.3 is 12.0 Å². The third-order valence-corrected chi connectivity index (χ3v) is 2.57. The lowest BCUT2D eigenvalue weighted by Crippen LogP contribution is -2.45. The van der Waals surface area contributed by atoms with Crippen LogP contribution in [0.15, 0.2) is 0 Å². The molecule has 6 nitrogen and oxygen atoms in total. The van der Waals surface area contributed by atoms with Crippen LogP contribution in [0.1, 0.15) is 33.6 Å². The third-order valence-electron chi connectivity index (χ3n) is 2.57. The Morgan fingerprint density at radius 3 is 2.35 bits per heavy atom. The van der Waals surface area contributed by atoms with Crippen molar-refractivity contribution in [2.45, 2.75) is 45.8 Å². The van der Waals surface area contributed by atoms with Gasteiger partial charge in [-0.25, -0.2) is 9.59 Å². The topological polar surface area (TPSA) is 98.7 Å². The number of carboxylic acids is 1. The van der Waals surface area contributed by atoms with E-state index in [0.717, 1.165) is 12.8 Å². The molecule has 0 aliphatic heterocycles. The normalized spacial score (nSPS) is 15.8. The molecule has 100 valence electrons. The average molecular weight is 246 g/mol. The molecule has 0 aromatic rings. The summed E-state index contributed by atoms with van der Waals surface area (Å²) in [4.78, 5) is 21.6. The molecule has 6 heteroatoms. The summed E-state index contributed by atoms with van der Waals surface area (Å²) in [6.07, 6.45) is 0.349. The van der Waals surface area contributed by atoms with Crippen LogP contribution < -0.4 is 10.6 Å². The largest absolute Gasteiger partial charge is 0.479 e. The predicted molar refractivity (Wildman–Crippen MR) is 63.7 cm³/mol. The van der Waals surface area contributed by atoms with E-state index in [-0.39, 0.29) is 12.6 Å². The van der Waals surface area contributed by atoms with E-state index in [1.54, 1.807) is 0 Å². The van der Waals surface area contributed by atoms with Crippen LogP contribution in [0.3, 0.4) is 0 Å². The van der Waals surface area contributed by atoms with E-state index in [1.807, 2.05) is 6.92 Å². The van der Waals surface area contributed by atoms with E-state index in [9.17, 15) is 9.59 Å². The van der Waals surface area contributed by atoms with Gasteiger partial charge in [0.2, 0.25) is 0 Å². The molecular formula is C11H22N2O4. The first-order valence-corrected chi connectivity index (χ1v) is 5.82. The Hall–Kier alpha value is -1.30. The smallest absolute Gasteiger partial charge is 0.334 e. The standard InChI is InChI=1S/C11H22N2O4/c1-4-7(2)5-8(3)13-11(17)12-6-9(14)10(15)16/h7-9,14H,4-6H2,1-3H3,(H,15,16)(H2,12,13,17)/t7?,8?,9-/m0/s1. The zero-order valence-corrected chi connectivity index (χ0v) is 10.6. The van der Waals surface area contributed by atoms with E-state index >= 15 is 0 Å². The zero-order chi connectivity index (χ0) is 13.4. The summed E-state index contributed by atoms with van der Waals surface area (Å²) < 4.78 is 0. The highest BCUT2D eigenvalue weighted by atomic mass is 16.4. The second-order valence-corrected chi connectivity index (χ2v) is 4.36. The van der Waals surface area contributed by atoms with Gasteiger partial charge in [0.25, 0.3) is 0 Å². The second kappa shape index (κ2) is 7.89. The minimum atomic E-state index is -1.56. The molecule has 0 aromatic carbocycles. The lowest BCUT2D eigenvalue weighted by atomic mass is 10.0. The molecular weight excluding hydrogens is 224 g/mol. The van der Waals surface area contributed by atoms with Crippen molar-refractivity contribution in [1.29, 1.82) is 0 Å². The summed E-state index contributed by atoms with van der Waals surface area (Å²) in [5, 5.41) is 22.3. The van der Waals surface area contributed by atoms with Crippen molar-refractivity contribution in [3.05, 3.63) is 0 Å². The fraction of sp³-hybridized carbons (Fsp3) is 0.818. The predicted octanol–water partition coefficient (Wildman–Crippen LogP) is 0.556. The van der Waals surface area contributed by atoms with E-state index in [0.29, 0.717) is 5.92 Å². The quantitative estimate of drug-likeness (QED) is 0.527. The number of urea groups is 1. The number of aliphatic hydroxyl groups is 1. The number of hydrogen-bond acceptors (Lipinski definition) is 3. The number of amides is 2. The summed E-state index contributed by atoms with van der Waals surface area (Å²) in [6.45, 7) is 5.78. The van der Waals surface area contributed by atoms with Gasteiger partial charge in [0, 0.05) is 6.04 Å². The molecule has 0 bridgehead atoms. The molecule has 2 unspecified atom stereocenters. The number of aliphatic carboxylic acids is 1. The van der Waals surface area contributed by atoms with Gasteiger partial charge in [-0.15, -0.1) is 0 Å². The highest BCUT2D eigenvalue weighted by molar-refractivity contribution is 5.76. The summed E-state index contributed by atoms with van der Waals surface area (Å²) in [5.74, 6) is -0.826. The first kappa shape index (κ1) is 15.7. The van der Waals surface area contributed by atoms with Crippen LogP contribution in [0, 0.1) is 5.92 Å². The van der Waals surface area contributed by atoms with Crippen molar-refractivity contribution in [3.8, 4) is 0 Å². The van der Waals surface area contributed by atoms with Crippen molar-refractivity contribution in [1.82, 2.24) is 10.6 Å². The number of carboxylic acid groups (broad SMARTS) is 1. The van der Waals surface area contributed by atoms with Crippen molar-refractivity contribution >= 4 is 12.0 Å². The first-order chi connectivity index (χ1) is 7.86. The Morgan fingerprint density at radius 2 is 1.88 bits per heavy atom. The van der Waals surface area contributed by atoms with Crippen molar-refractivity contribution in [3.63, 3.8) is 0 Å². The first-order valence-electron chi connectivity index (χ1n) is 5.82. The minimum absolute atomic E-state index is 0.0203. The fourth-order valence-corrected chi connectivity index (χ4v) is 1.38. The highest BCUT2D eigenvalue weighted by Crippen LogP contribution is 2.08. The van der Waals surface area contributed by atoms with Gasteiger partial charge in [-0.1, -0.05) is 20.3 Å². The molecule has 0 fully saturated rings. The molecule has 0 spiro atoms. The number of aliphatic hydroxyl groups excluding tert-OH is 1. The van der Waals surface area contributed by atoms with Gasteiger partial charge in [-0.05, 0) is 19.3 Å². The monoisotopic (exact) mass is 246 g/mol. The van der Waals surface area contributed by atoms with E-state index in [1.165, 1.54) is 0 Å². The number of carbonyl (C=O) groups excluding carboxylic acids is 1. The maximum atomic E-state index is 11.3. The van der Waals surface area contributed by atoms with Crippen molar-refractivity contribution in [2.24, 2.45) is 5.92 Å². The van der Waals surface area contributed by atoms with Gasteiger partial charge < -0.3 is 20.8 Å². The molecule has 4 N–H and O–H groups in total. The Morgan fingerprint density at radius 1 is 1.29 bits per heavy atom. The fourth-order valence-electron chi connectivity index (χ4n) is 1.38. The Labute approximate surface area is 101 Å². The molecule has 0 rings (SSSR count). The lowest BCUT2D eigenvalue weighted by molar-refractivity contribution is -0.146. The van der Waals surface area contributed by atoms with Crippen LogP contribution in [0.25, 0.3) is 0 Å². The van der Waals surface area contributed by atoms with E-state index < -0.39 is 18.1 Å². The summed E-state index contributed by atoms with van der Waals surface area (Å²) >= 11 is 0. The molecule has 0 aromatic heterocycles. The number of nitrogens with one attached hydrogen (secondary N) is 2. The van der Waals surface area contributed by atoms with Crippen molar-refractivity contribution in [2.75, 3.05) is 6.54 Å². The van der Waals surface area contributed by atoms with E-state index in [2.05, 4.69) is 24.5 Å². The molecule has 0 saturated heterocycles. The lowest BCUT2D eigenvalue weighted by Gasteiger charge is -2.18. The Bertz CT molecular complexity index is 258. The van der Waals surface area contributed by atoms with Gasteiger partial charge in [-0.2, -0.15) is 0 Å². The number of hydrogen-bond donors (Lipinski definition) is 4. The average Bonchev–Trinajstić information content (AvgIpc) is 2.25. The number of carbonyl (C=O) groups is 2. The molecule has 3 atom stereocenters. The second-order valence-electron chi connectivity index (χ2n) is 4.36. The number of rotatable bonds is 7. The Balaban J connectivity index is 3.82. The molecule has 2 amide bonds. The van der Waals surface area contributed by atoms with Crippen LogP contribution in [-0.2, 0) is 4.79 Å². The summed E-state index contributed by atoms with van der Waals surface area (Å²) in [6, 6.07) is -0.437. The minimum Gasteiger partial charge on any atom is -0.479 e. The van der Waals surface area contributed by atoms with Crippen molar-refractivity contribution < 1.29 is 19.8 Å². The van der Waals surface area contributed by atoms with Crippen LogP contribution >= 0.6 is 0 Å². The third kappa shape index (κ3) is 7.57. The van der Waals surface area contributed by atoms with Gasteiger partial charge in [-0.3, -0.25) is 0 Å². The molecule has 0 saturated carbocycles. The molecule has 0 aliphatic rings. The van der Waals surface area contributed by atoms with Gasteiger partial charge in [0.05, 0.1) is 6.54 Å².